The number of ether oxygens (including phenoxy) is 2. The minimum absolute atomic E-state index is 0.219. The highest BCUT2D eigenvalue weighted by atomic mass is 19.1. The smallest absolute Gasteiger partial charge is 0.338 e. The van der Waals surface area contributed by atoms with Crippen LogP contribution in [0.2, 0.25) is 0 Å². The molecule has 0 amide bonds. The van der Waals surface area contributed by atoms with Gasteiger partial charge in [-0.15, -0.1) is 0 Å². The molecule has 1 unspecified atom stereocenters. The van der Waals surface area contributed by atoms with Crippen LogP contribution in [0.1, 0.15) is 29.6 Å². The molecule has 92 valence electrons. The molecule has 0 aromatic heterocycles. The minimum Gasteiger partial charge on any atom is -0.462 e. The third kappa shape index (κ3) is 3.53. The van der Waals surface area contributed by atoms with Crippen molar-refractivity contribution in [3.8, 4) is 0 Å². The van der Waals surface area contributed by atoms with Crippen molar-refractivity contribution < 1.29 is 18.7 Å². The standard InChI is InChI=1S/C13H15FO3/c14-11-5-3-10(4-6-11)13(15)17-9-7-12-2-1-8-16-12/h3-6,12H,1-2,7-9H2. The highest BCUT2D eigenvalue weighted by Gasteiger charge is 2.16. The molecule has 1 aliphatic rings. The van der Waals surface area contributed by atoms with Crippen molar-refractivity contribution in [3.63, 3.8) is 0 Å². The zero-order valence-electron chi connectivity index (χ0n) is 9.52. The zero-order valence-corrected chi connectivity index (χ0v) is 9.52. The fourth-order valence-corrected chi connectivity index (χ4v) is 1.82. The van der Waals surface area contributed by atoms with Gasteiger partial charge in [0, 0.05) is 13.0 Å². The van der Waals surface area contributed by atoms with Crippen LogP contribution in [-0.2, 0) is 9.47 Å². The van der Waals surface area contributed by atoms with E-state index in [1.54, 1.807) is 0 Å². The quantitative estimate of drug-likeness (QED) is 0.756. The molecule has 1 atom stereocenters. The van der Waals surface area contributed by atoms with Crippen LogP contribution < -0.4 is 0 Å². The summed E-state index contributed by atoms with van der Waals surface area (Å²) in [5, 5.41) is 0. The molecule has 0 bridgehead atoms. The van der Waals surface area contributed by atoms with Crippen molar-refractivity contribution in [1.82, 2.24) is 0 Å². The lowest BCUT2D eigenvalue weighted by atomic mass is 10.2. The highest BCUT2D eigenvalue weighted by Crippen LogP contribution is 2.15. The molecule has 2 rings (SSSR count). The normalized spacial score (nSPS) is 19.2. The van der Waals surface area contributed by atoms with Crippen LogP contribution in [0.5, 0.6) is 0 Å². The van der Waals surface area contributed by atoms with E-state index < -0.39 is 5.97 Å². The van der Waals surface area contributed by atoms with Gasteiger partial charge < -0.3 is 9.47 Å². The van der Waals surface area contributed by atoms with E-state index in [0.29, 0.717) is 12.2 Å². The number of esters is 1. The number of benzene rings is 1. The van der Waals surface area contributed by atoms with Crippen LogP contribution in [0.3, 0.4) is 0 Å². The Hall–Kier alpha value is -1.42. The van der Waals surface area contributed by atoms with Gasteiger partial charge in [0.1, 0.15) is 5.82 Å². The first-order valence-electron chi connectivity index (χ1n) is 5.80. The van der Waals surface area contributed by atoms with Crippen LogP contribution >= 0.6 is 0 Å². The lowest BCUT2D eigenvalue weighted by molar-refractivity contribution is 0.0386. The van der Waals surface area contributed by atoms with E-state index in [2.05, 4.69) is 0 Å². The molecule has 0 saturated carbocycles. The summed E-state index contributed by atoms with van der Waals surface area (Å²) in [5.74, 6) is -0.774. The third-order valence-corrected chi connectivity index (χ3v) is 2.78. The lowest BCUT2D eigenvalue weighted by Crippen LogP contribution is -2.12. The molecular formula is C13H15FO3. The number of hydrogen-bond donors (Lipinski definition) is 0. The second-order valence-corrected chi connectivity index (χ2v) is 4.07. The van der Waals surface area contributed by atoms with Gasteiger partial charge in [0.2, 0.25) is 0 Å². The van der Waals surface area contributed by atoms with Gasteiger partial charge >= 0.3 is 5.97 Å². The first-order valence-corrected chi connectivity index (χ1v) is 5.80. The van der Waals surface area contributed by atoms with Crippen LogP contribution in [0, 0.1) is 5.82 Å². The number of carbonyl (C=O) groups excluding carboxylic acids is 1. The lowest BCUT2D eigenvalue weighted by Gasteiger charge is -2.09. The fraction of sp³-hybridized carbons (Fsp3) is 0.462. The topological polar surface area (TPSA) is 35.5 Å². The maximum absolute atomic E-state index is 12.6. The molecule has 0 N–H and O–H groups in total. The summed E-state index contributed by atoms with van der Waals surface area (Å²) in [4.78, 5) is 11.5. The van der Waals surface area contributed by atoms with Gasteiger partial charge in [0.15, 0.2) is 0 Å². The van der Waals surface area contributed by atoms with Crippen LogP contribution in [0.25, 0.3) is 0 Å². The van der Waals surface area contributed by atoms with Crippen molar-refractivity contribution >= 4 is 5.97 Å². The van der Waals surface area contributed by atoms with Crippen LogP contribution in [0.4, 0.5) is 4.39 Å². The fourth-order valence-electron chi connectivity index (χ4n) is 1.82. The van der Waals surface area contributed by atoms with Gasteiger partial charge in [-0.1, -0.05) is 0 Å². The van der Waals surface area contributed by atoms with Crippen LogP contribution in [0.15, 0.2) is 24.3 Å². The first-order chi connectivity index (χ1) is 8.25. The van der Waals surface area contributed by atoms with Gasteiger partial charge in [-0.3, -0.25) is 0 Å². The number of carbonyl (C=O) groups is 1. The Kier molecular flexibility index (Phi) is 4.09. The van der Waals surface area contributed by atoms with E-state index in [0.717, 1.165) is 25.9 Å². The van der Waals surface area contributed by atoms with E-state index in [-0.39, 0.29) is 11.9 Å². The third-order valence-electron chi connectivity index (χ3n) is 2.78. The SMILES string of the molecule is O=C(OCCC1CCCO1)c1ccc(F)cc1. The van der Waals surface area contributed by atoms with Crippen molar-refractivity contribution in [1.29, 1.82) is 0 Å². The second-order valence-electron chi connectivity index (χ2n) is 4.07. The number of halogens is 1. The van der Waals surface area contributed by atoms with Gasteiger partial charge in [-0.25, -0.2) is 9.18 Å². The molecule has 1 aromatic rings. The Labute approximate surface area is 99.5 Å². The Morgan fingerprint density at radius 1 is 1.41 bits per heavy atom. The molecule has 4 heteroatoms. The number of hydrogen-bond acceptors (Lipinski definition) is 3. The Morgan fingerprint density at radius 3 is 2.82 bits per heavy atom. The molecule has 1 aliphatic heterocycles. The van der Waals surface area contributed by atoms with E-state index in [1.165, 1.54) is 24.3 Å². The first kappa shape index (κ1) is 12.0. The highest BCUT2D eigenvalue weighted by molar-refractivity contribution is 5.89. The predicted octanol–water partition coefficient (Wildman–Crippen LogP) is 2.55. The largest absolute Gasteiger partial charge is 0.462 e. The van der Waals surface area contributed by atoms with Gasteiger partial charge in [-0.2, -0.15) is 0 Å². The summed E-state index contributed by atoms with van der Waals surface area (Å²) in [6, 6.07) is 5.33. The summed E-state index contributed by atoms with van der Waals surface area (Å²) in [7, 11) is 0. The van der Waals surface area contributed by atoms with Gasteiger partial charge in [-0.05, 0) is 37.1 Å². The van der Waals surface area contributed by atoms with E-state index in [4.69, 9.17) is 9.47 Å². The molecule has 1 saturated heterocycles. The van der Waals surface area contributed by atoms with Crippen molar-refractivity contribution in [3.05, 3.63) is 35.6 Å². The second kappa shape index (κ2) is 5.77. The van der Waals surface area contributed by atoms with Gasteiger partial charge in [0.05, 0.1) is 18.3 Å². The van der Waals surface area contributed by atoms with E-state index in [9.17, 15) is 9.18 Å². The van der Waals surface area contributed by atoms with Crippen LogP contribution in [-0.4, -0.2) is 25.3 Å². The number of rotatable bonds is 4. The molecule has 1 aromatic carbocycles. The average molecular weight is 238 g/mol. The minimum atomic E-state index is -0.414. The summed E-state index contributed by atoms with van der Waals surface area (Å²) >= 11 is 0. The Morgan fingerprint density at radius 2 is 2.18 bits per heavy atom. The predicted molar refractivity (Wildman–Crippen MR) is 60.3 cm³/mol. The van der Waals surface area contributed by atoms with Crippen molar-refractivity contribution in [2.24, 2.45) is 0 Å². The Bertz CT molecular complexity index is 369. The zero-order chi connectivity index (χ0) is 12.1. The summed E-state index contributed by atoms with van der Waals surface area (Å²) in [6.45, 7) is 1.15. The van der Waals surface area contributed by atoms with Gasteiger partial charge in [0.25, 0.3) is 0 Å². The molecule has 0 spiro atoms. The molecule has 1 heterocycles. The molecule has 17 heavy (non-hydrogen) atoms. The monoisotopic (exact) mass is 238 g/mol. The average Bonchev–Trinajstić information content (AvgIpc) is 2.83. The van der Waals surface area contributed by atoms with E-state index >= 15 is 0 Å². The molecule has 1 fully saturated rings. The van der Waals surface area contributed by atoms with Crippen molar-refractivity contribution in [2.75, 3.05) is 13.2 Å². The maximum Gasteiger partial charge on any atom is 0.338 e. The summed E-state index contributed by atoms with van der Waals surface area (Å²) in [5.41, 5.74) is 0.374. The van der Waals surface area contributed by atoms with E-state index in [1.807, 2.05) is 0 Å². The molecule has 3 nitrogen and oxygen atoms in total. The molecule has 0 aliphatic carbocycles. The molecule has 0 radical (unpaired) electrons. The summed E-state index contributed by atoms with van der Waals surface area (Å²) < 4.78 is 23.1. The molecular weight excluding hydrogens is 223 g/mol. The van der Waals surface area contributed by atoms with Crippen molar-refractivity contribution in [2.45, 2.75) is 25.4 Å². The summed E-state index contributed by atoms with van der Waals surface area (Å²) in [6.07, 6.45) is 3.06. The maximum atomic E-state index is 12.6. The Balaban J connectivity index is 1.75.